The molecule has 2 aromatic carbocycles. The summed E-state index contributed by atoms with van der Waals surface area (Å²) in [4.78, 5) is 0. The highest BCUT2D eigenvalue weighted by molar-refractivity contribution is 14.1. The fraction of sp³-hybridized carbons (Fsp3) is 0.0667. The second-order valence-electron chi connectivity index (χ2n) is 4.39. The van der Waals surface area contributed by atoms with Crippen LogP contribution in [0.15, 0.2) is 54.6 Å². The van der Waals surface area contributed by atoms with Gasteiger partial charge in [0.05, 0.1) is 6.54 Å². The third kappa shape index (κ3) is 2.53. The zero-order valence-corrected chi connectivity index (χ0v) is 12.7. The molecule has 0 aliphatic carbocycles. The number of halogens is 1. The first-order valence-corrected chi connectivity index (χ1v) is 7.25. The molecule has 0 atom stereocenters. The number of rotatable bonds is 3. The van der Waals surface area contributed by atoms with E-state index in [1.807, 2.05) is 35.0 Å². The Kier molecular flexibility index (Phi) is 3.68. The minimum atomic E-state index is 0.220. The molecule has 0 radical (unpaired) electrons. The number of phenolic OH excluding ortho intramolecular Hbond substituents is 1. The SMILES string of the molecule is Oc1ccccc1-c1nnn(Cc2ccccc2)c1I. The average Bonchev–Trinajstić information content (AvgIpc) is 2.82. The summed E-state index contributed by atoms with van der Waals surface area (Å²) in [5, 5.41) is 18.3. The summed E-state index contributed by atoms with van der Waals surface area (Å²) in [6.45, 7) is 0.666. The van der Waals surface area contributed by atoms with Crippen molar-refractivity contribution in [1.29, 1.82) is 0 Å². The van der Waals surface area contributed by atoms with Gasteiger partial charge in [0.25, 0.3) is 0 Å². The van der Waals surface area contributed by atoms with Crippen LogP contribution in [-0.2, 0) is 6.54 Å². The largest absolute Gasteiger partial charge is 0.507 e. The molecule has 0 spiro atoms. The molecule has 1 aromatic heterocycles. The van der Waals surface area contributed by atoms with Gasteiger partial charge >= 0.3 is 0 Å². The number of para-hydroxylation sites is 1. The van der Waals surface area contributed by atoms with Gasteiger partial charge < -0.3 is 5.11 Å². The minimum absolute atomic E-state index is 0.220. The summed E-state index contributed by atoms with van der Waals surface area (Å²) in [7, 11) is 0. The van der Waals surface area contributed by atoms with Crippen LogP contribution in [0.5, 0.6) is 5.75 Å². The highest BCUT2D eigenvalue weighted by atomic mass is 127. The lowest BCUT2D eigenvalue weighted by Crippen LogP contribution is -2.03. The van der Waals surface area contributed by atoms with E-state index in [1.54, 1.807) is 12.1 Å². The Morgan fingerprint density at radius 2 is 1.70 bits per heavy atom. The molecular formula is C15H12IN3O. The first-order chi connectivity index (χ1) is 9.75. The van der Waals surface area contributed by atoms with Crippen LogP contribution in [0.3, 0.4) is 0 Å². The van der Waals surface area contributed by atoms with E-state index in [9.17, 15) is 5.11 Å². The average molecular weight is 377 g/mol. The lowest BCUT2D eigenvalue weighted by molar-refractivity contribution is 0.477. The van der Waals surface area contributed by atoms with Crippen molar-refractivity contribution in [2.24, 2.45) is 0 Å². The standard InChI is InChI=1S/C15H12IN3O/c16-15-14(12-8-4-5-9-13(12)20)17-18-19(15)10-11-6-2-1-3-7-11/h1-9,20H,10H2. The van der Waals surface area contributed by atoms with E-state index >= 15 is 0 Å². The summed E-state index contributed by atoms with van der Waals surface area (Å²) >= 11 is 2.21. The number of benzene rings is 2. The van der Waals surface area contributed by atoms with Crippen molar-refractivity contribution < 1.29 is 5.11 Å². The molecule has 20 heavy (non-hydrogen) atoms. The van der Waals surface area contributed by atoms with Gasteiger partial charge in [0.15, 0.2) is 0 Å². The van der Waals surface area contributed by atoms with Crippen molar-refractivity contribution >= 4 is 22.6 Å². The third-order valence-corrected chi connectivity index (χ3v) is 4.08. The smallest absolute Gasteiger partial charge is 0.130 e. The molecule has 0 unspecified atom stereocenters. The van der Waals surface area contributed by atoms with Crippen LogP contribution < -0.4 is 0 Å². The van der Waals surface area contributed by atoms with Gasteiger partial charge in [0.2, 0.25) is 0 Å². The van der Waals surface area contributed by atoms with Gasteiger partial charge in [-0.1, -0.05) is 47.7 Å². The fourth-order valence-electron chi connectivity index (χ4n) is 2.00. The number of nitrogens with zero attached hydrogens (tertiary/aromatic N) is 3. The second-order valence-corrected chi connectivity index (χ2v) is 5.41. The maximum atomic E-state index is 9.91. The summed E-state index contributed by atoms with van der Waals surface area (Å²) in [5.41, 5.74) is 2.58. The number of aromatic hydroxyl groups is 1. The van der Waals surface area contributed by atoms with Crippen LogP contribution in [0.4, 0.5) is 0 Å². The molecule has 4 nitrogen and oxygen atoms in total. The highest BCUT2D eigenvalue weighted by Gasteiger charge is 2.14. The first-order valence-electron chi connectivity index (χ1n) is 6.17. The van der Waals surface area contributed by atoms with Crippen LogP contribution >= 0.6 is 22.6 Å². The van der Waals surface area contributed by atoms with Gasteiger partial charge in [0.1, 0.15) is 15.1 Å². The van der Waals surface area contributed by atoms with Crippen molar-refractivity contribution in [3.8, 4) is 17.0 Å². The van der Waals surface area contributed by atoms with Gasteiger partial charge in [-0.15, -0.1) is 5.10 Å². The molecule has 0 bridgehead atoms. The van der Waals surface area contributed by atoms with Crippen molar-refractivity contribution in [2.45, 2.75) is 6.54 Å². The Morgan fingerprint density at radius 3 is 2.45 bits per heavy atom. The van der Waals surface area contributed by atoms with E-state index in [-0.39, 0.29) is 5.75 Å². The molecule has 100 valence electrons. The molecule has 5 heteroatoms. The summed E-state index contributed by atoms with van der Waals surface area (Å²) < 4.78 is 2.74. The quantitative estimate of drug-likeness (QED) is 0.713. The molecule has 0 aliphatic heterocycles. The molecule has 1 N–H and O–H groups in total. The molecule has 0 fully saturated rings. The summed E-state index contributed by atoms with van der Waals surface area (Å²) in [5.74, 6) is 0.220. The zero-order valence-electron chi connectivity index (χ0n) is 10.6. The van der Waals surface area contributed by atoms with Gasteiger partial charge in [-0.2, -0.15) is 0 Å². The Bertz CT molecular complexity index is 725. The summed E-state index contributed by atoms with van der Waals surface area (Å²) in [6.07, 6.45) is 0. The lowest BCUT2D eigenvalue weighted by atomic mass is 10.1. The highest BCUT2D eigenvalue weighted by Crippen LogP contribution is 2.30. The van der Waals surface area contributed by atoms with E-state index in [4.69, 9.17) is 0 Å². The van der Waals surface area contributed by atoms with E-state index in [1.165, 1.54) is 5.56 Å². The first kappa shape index (κ1) is 13.1. The fourth-order valence-corrected chi connectivity index (χ4v) is 2.66. The number of hydrogen-bond donors (Lipinski definition) is 1. The van der Waals surface area contributed by atoms with Crippen LogP contribution in [-0.4, -0.2) is 20.1 Å². The molecule has 0 aliphatic rings. The Labute approximate surface area is 130 Å². The number of aromatic nitrogens is 3. The monoisotopic (exact) mass is 377 g/mol. The maximum absolute atomic E-state index is 9.91. The number of hydrogen-bond acceptors (Lipinski definition) is 3. The molecule has 0 saturated heterocycles. The van der Waals surface area contributed by atoms with Crippen molar-refractivity contribution in [3.05, 3.63) is 63.9 Å². The molecule has 0 amide bonds. The molecule has 3 aromatic rings. The third-order valence-electron chi connectivity index (χ3n) is 3.01. The second kappa shape index (κ2) is 5.62. The Morgan fingerprint density at radius 1 is 1.00 bits per heavy atom. The molecule has 3 rings (SSSR count). The van der Waals surface area contributed by atoms with Crippen molar-refractivity contribution in [3.63, 3.8) is 0 Å². The number of phenols is 1. The maximum Gasteiger partial charge on any atom is 0.130 e. The van der Waals surface area contributed by atoms with Crippen LogP contribution in [0, 0.1) is 3.70 Å². The van der Waals surface area contributed by atoms with E-state index < -0.39 is 0 Å². The van der Waals surface area contributed by atoms with Gasteiger partial charge in [-0.25, -0.2) is 4.68 Å². The van der Waals surface area contributed by atoms with Crippen molar-refractivity contribution in [2.75, 3.05) is 0 Å². The van der Waals surface area contributed by atoms with Crippen LogP contribution in [0.1, 0.15) is 5.56 Å². The lowest BCUT2D eigenvalue weighted by Gasteiger charge is -2.04. The van der Waals surface area contributed by atoms with Crippen molar-refractivity contribution in [1.82, 2.24) is 15.0 Å². The Hall–Kier alpha value is -1.89. The van der Waals surface area contributed by atoms with Gasteiger partial charge in [-0.3, -0.25) is 0 Å². The minimum Gasteiger partial charge on any atom is -0.507 e. The van der Waals surface area contributed by atoms with E-state index in [0.717, 1.165) is 3.70 Å². The summed E-state index contributed by atoms with van der Waals surface area (Å²) in [6, 6.07) is 17.3. The van der Waals surface area contributed by atoms with Gasteiger partial charge in [0, 0.05) is 5.56 Å². The van der Waals surface area contributed by atoms with E-state index in [2.05, 4.69) is 45.0 Å². The Balaban J connectivity index is 1.95. The molecule has 1 heterocycles. The molecule has 0 saturated carbocycles. The predicted octanol–water partition coefficient (Wildman–Crippen LogP) is 3.30. The van der Waals surface area contributed by atoms with E-state index in [0.29, 0.717) is 17.8 Å². The predicted molar refractivity (Wildman–Crippen MR) is 85.4 cm³/mol. The topological polar surface area (TPSA) is 50.9 Å². The molecular weight excluding hydrogens is 365 g/mol. The van der Waals surface area contributed by atoms with Crippen LogP contribution in [0.2, 0.25) is 0 Å². The van der Waals surface area contributed by atoms with Crippen LogP contribution in [0.25, 0.3) is 11.3 Å². The zero-order chi connectivity index (χ0) is 13.9. The normalized spacial score (nSPS) is 10.7. The van der Waals surface area contributed by atoms with Gasteiger partial charge in [-0.05, 0) is 40.3 Å².